The Labute approximate surface area is 167 Å². The molecule has 1 amide bonds. The fourth-order valence-electron chi connectivity index (χ4n) is 2.43. The Hall–Kier alpha value is -2.16. The molecule has 0 radical (unpaired) electrons. The summed E-state index contributed by atoms with van der Waals surface area (Å²) in [7, 11) is 0. The van der Waals surface area contributed by atoms with Gasteiger partial charge in [-0.05, 0) is 55.5 Å². The summed E-state index contributed by atoms with van der Waals surface area (Å²) in [6.07, 6.45) is 3.87. The van der Waals surface area contributed by atoms with Crippen LogP contribution >= 0.6 is 12.2 Å². The first-order valence-electron chi connectivity index (χ1n) is 9.31. The molecule has 0 aromatic heterocycles. The Balaban J connectivity index is 2.89. The number of nitrogens with zero attached hydrogens (tertiary/aromatic N) is 1. The van der Waals surface area contributed by atoms with Gasteiger partial charge < -0.3 is 20.9 Å². The zero-order valence-corrected chi connectivity index (χ0v) is 17.2. The average Bonchev–Trinajstić information content (AvgIpc) is 2.68. The van der Waals surface area contributed by atoms with Crippen molar-refractivity contribution in [1.29, 1.82) is 0 Å². The van der Waals surface area contributed by atoms with E-state index in [0.29, 0.717) is 5.11 Å². The van der Waals surface area contributed by atoms with Crippen molar-refractivity contribution in [3.8, 4) is 0 Å². The second-order valence-corrected chi connectivity index (χ2v) is 6.36. The van der Waals surface area contributed by atoms with E-state index >= 15 is 0 Å². The molecule has 7 nitrogen and oxygen atoms in total. The van der Waals surface area contributed by atoms with Gasteiger partial charge in [-0.2, -0.15) is 0 Å². The predicted octanol–water partition coefficient (Wildman–Crippen LogP) is 2.66. The van der Waals surface area contributed by atoms with E-state index in [0.717, 1.165) is 56.1 Å². The Morgan fingerprint density at radius 2 is 1.93 bits per heavy atom. The van der Waals surface area contributed by atoms with E-state index in [1.54, 1.807) is 11.6 Å². The van der Waals surface area contributed by atoms with Crippen molar-refractivity contribution >= 4 is 40.7 Å². The van der Waals surface area contributed by atoms with E-state index in [2.05, 4.69) is 41.6 Å². The monoisotopic (exact) mass is 393 g/mol. The summed E-state index contributed by atoms with van der Waals surface area (Å²) >= 11 is 5.35. The lowest BCUT2D eigenvalue weighted by molar-refractivity contribution is -0.124. The van der Waals surface area contributed by atoms with Crippen LogP contribution in [0.4, 0.5) is 11.4 Å². The van der Waals surface area contributed by atoms with Crippen LogP contribution in [0.5, 0.6) is 0 Å². The first kappa shape index (κ1) is 22.9. The SMILES string of the molecule is CCCNC(=S)Nc1cc(/C=C/C(=O)NO)ccc1NCCN(CC)CC. The molecule has 0 atom stereocenters. The molecule has 0 spiro atoms. The Morgan fingerprint density at radius 3 is 2.56 bits per heavy atom. The number of hydrogen-bond acceptors (Lipinski definition) is 5. The van der Waals surface area contributed by atoms with Crippen LogP contribution in [0.15, 0.2) is 24.3 Å². The van der Waals surface area contributed by atoms with Gasteiger partial charge in [-0.15, -0.1) is 0 Å². The van der Waals surface area contributed by atoms with Crippen LogP contribution in [0, 0.1) is 0 Å². The molecule has 0 aliphatic heterocycles. The van der Waals surface area contributed by atoms with Crippen LogP contribution in [0.3, 0.4) is 0 Å². The molecule has 1 aromatic carbocycles. The predicted molar refractivity (Wildman–Crippen MR) is 116 cm³/mol. The highest BCUT2D eigenvalue weighted by Crippen LogP contribution is 2.24. The zero-order valence-electron chi connectivity index (χ0n) is 16.3. The van der Waals surface area contributed by atoms with E-state index in [-0.39, 0.29) is 0 Å². The van der Waals surface area contributed by atoms with Gasteiger partial charge in [-0.1, -0.05) is 26.8 Å². The quantitative estimate of drug-likeness (QED) is 0.171. The van der Waals surface area contributed by atoms with Crippen molar-refractivity contribution in [2.45, 2.75) is 27.2 Å². The number of amides is 1. The van der Waals surface area contributed by atoms with E-state index in [9.17, 15) is 4.79 Å². The van der Waals surface area contributed by atoms with Gasteiger partial charge in [-0.25, -0.2) is 5.48 Å². The molecule has 0 aliphatic carbocycles. The average molecular weight is 394 g/mol. The summed E-state index contributed by atoms with van der Waals surface area (Å²) in [6.45, 7) is 11.0. The molecule has 0 saturated heterocycles. The highest BCUT2D eigenvalue weighted by Gasteiger charge is 2.06. The normalized spacial score (nSPS) is 10.9. The summed E-state index contributed by atoms with van der Waals surface area (Å²) in [4.78, 5) is 13.5. The number of carbonyl (C=O) groups is 1. The van der Waals surface area contributed by atoms with Crippen LogP contribution in [0.2, 0.25) is 0 Å². The molecule has 0 bridgehead atoms. The van der Waals surface area contributed by atoms with Gasteiger partial charge in [0.25, 0.3) is 5.91 Å². The number of carbonyl (C=O) groups excluding carboxylic acids is 1. The number of rotatable bonds is 11. The summed E-state index contributed by atoms with van der Waals surface area (Å²) in [6, 6.07) is 5.75. The highest BCUT2D eigenvalue weighted by atomic mass is 32.1. The van der Waals surface area contributed by atoms with Crippen LogP contribution in [0.25, 0.3) is 6.08 Å². The van der Waals surface area contributed by atoms with E-state index in [1.807, 2.05) is 18.2 Å². The lowest BCUT2D eigenvalue weighted by Crippen LogP contribution is -2.30. The Morgan fingerprint density at radius 1 is 1.19 bits per heavy atom. The largest absolute Gasteiger partial charge is 0.382 e. The Bertz CT molecular complexity index is 633. The van der Waals surface area contributed by atoms with Gasteiger partial charge in [0.2, 0.25) is 0 Å². The third kappa shape index (κ3) is 8.85. The number of likely N-dealkylation sites (N-methyl/N-ethyl adjacent to an activating group) is 1. The Kier molecular flexibility index (Phi) is 11.1. The standard InChI is InChI=1S/C19H31N5O2S/c1-4-11-21-19(27)22-17-14-15(8-10-18(25)23-26)7-9-16(17)20-12-13-24(5-2)6-3/h7-10,14,20,26H,4-6,11-13H2,1-3H3,(H,23,25)(H2,21,22,27)/b10-8+. The van der Waals surface area contributed by atoms with Crippen molar-refractivity contribution in [2.75, 3.05) is 43.4 Å². The third-order valence-electron chi connectivity index (χ3n) is 4.00. The molecule has 27 heavy (non-hydrogen) atoms. The molecule has 150 valence electrons. The zero-order chi connectivity index (χ0) is 20.1. The van der Waals surface area contributed by atoms with E-state index in [4.69, 9.17) is 17.4 Å². The number of thiocarbonyl (C=S) groups is 1. The van der Waals surface area contributed by atoms with Crippen molar-refractivity contribution in [1.82, 2.24) is 15.7 Å². The topological polar surface area (TPSA) is 88.7 Å². The van der Waals surface area contributed by atoms with Gasteiger partial charge in [0.05, 0.1) is 11.4 Å². The summed E-state index contributed by atoms with van der Waals surface area (Å²) in [5, 5.41) is 19.0. The molecule has 5 N–H and O–H groups in total. The van der Waals surface area contributed by atoms with Crippen LogP contribution in [-0.2, 0) is 4.79 Å². The highest BCUT2D eigenvalue weighted by molar-refractivity contribution is 7.80. The van der Waals surface area contributed by atoms with E-state index < -0.39 is 5.91 Å². The third-order valence-corrected chi connectivity index (χ3v) is 4.25. The second kappa shape index (κ2) is 13.1. The maximum absolute atomic E-state index is 11.2. The van der Waals surface area contributed by atoms with Crippen LogP contribution in [-0.4, -0.2) is 53.9 Å². The van der Waals surface area contributed by atoms with E-state index in [1.165, 1.54) is 6.08 Å². The van der Waals surface area contributed by atoms with Gasteiger partial charge in [-0.3, -0.25) is 10.0 Å². The molecular weight excluding hydrogens is 362 g/mol. The van der Waals surface area contributed by atoms with Crippen LogP contribution < -0.4 is 21.4 Å². The molecular formula is C19H31N5O2S. The molecule has 1 rings (SSSR count). The van der Waals surface area contributed by atoms with Crippen molar-refractivity contribution < 1.29 is 10.0 Å². The number of anilines is 2. The van der Waals surface area contributed by atoms with Gasteiger partial charge in [0, 0.05) is 25.7 Å². The maximum atomic E-state index is 11.2. The minimum absolute atomic E-state index is 0.554. The number of benzene rings is 1. The number of hydrogen-bond donors (Lipinski definition) is 5. The first-order valence-corrected chi connectivity index (χ1v) is 9.72. The lowest BCUT2D eigenvalue weighted by Gasteiger charge is -2.20. The molecule has 0 unspecified atom stereocenters. The summed E-state index contributed by atoms with van der Waals surface area (Å²) in [5.41, 5.74) is 4.16. The molecule has 8 heteroatoms. The lowest BCUT2D eigenvalue weighted by atomic mass is 10.1. The van der Waals surface area contributed by atoms with Gasteiger partial charge in [0.1, 0.15) is 0 Å². The second-order valence-electron chi connectivity index (χ2n) is 5.95. The van der Waals surface area contributed by atoms with Crippen LogP contribution in [0.1, 0.15) is 32.8 Å². The van der Waals surface area contributed by atoms with Gasteiger partial charge >= 0.3 is 0 Å². The smallest absolute Gasteiger partial charge is 0.267 e. The summed E-state index contributed by atoms with van der Waals surface area (Å²) in [5.74, 6) is -0.578. The number of nitrogens with one attached hydrogen (secondary N) is 4. The van der Waals surface area contributed by atoms with Crippen molar-refractivity contribution in [3.05, 3.63) is 29.8 Å². The van der Waals surface area contributed by atoms with Crippen molar-refractivity contribution in [2.24, 2.45) is 0 Å². The molecule has 0 heterocycles. The summed E-state index contributed by atoms with van der Waals surface area (Å²) < 4.78 is 0. The molecule has 0 aliphatic rings. The molecule has 0 fully saturated rings. The first-order chi connectivity index (χ1) is 13.0. The minimum Gasteiger partial charge on any atom is -0.382 e. The number of hydroxylamine groups is 1. The maximum Gasteiger partial charge on any atom is 0.267 e. The minimum atomic E-state index is -0.578. The fraction of sp³-hybridized carbons (Fsp3) is 0.474. The van der Waals surface area contributed by atoms with Gasteiger partial charge in [0.15, 0.2) is 5.11 Å². The van der Waals surface area contributed by atoms with Crippen molar-refractivity contribution in [3.63, 3.8) is 0 Å². The molecule has 1 aromatic rings. The molecule has 0 saturated carbocycles. The fourth-order valence-corrected chi connectivity index (χ4v) is 2.64.